The number of carboxylic acid groups (broad SMARTS) is 1. The standard InChI is InChI=1S/C19H29NO.CH3NO2/c1-19(2,3)12-9-18(21)20-13-10-17(11-14-20)15-16-7-5-4-6-8-16;2-1(3)4/h4-8,17H,9-15H2,1-3H3;2H2,(H,3,4). The molecule has 2 amide bonds. The predicted octanol–water partition coefficient (Wildman–Crippen LogP) is 3.92. The van der Waals surface area contributed by atoms with Crippen molar-refractivity contribution in [2.75, 3.05) is 13.1 Å². The molecular formula is C20H32N2O3. The van der Waals surface area contributed by atoms with Gasteiger partial charge in [-0.25, -0.2) is 4.79 Å². The summed E-state index contributed by atoms with van der Waals surface area (Å²) in [6.45, 7) is 8.49. The van der Waals surface area contributed by atoms with E-state index in [1.165, 1.54) is 5.56 Å². The molecule has 1 aromatic carbocycles. The molecule has 1 aromatic rings. The van der Waals surface area contributed by atoms with Gasteiger partial charge >= 0.3 is 6.09 Å². The van der Waals surface area contributed by atoms with Crippen LogP contribution in [0.4, 0.5) is 4.79 Å². The first-order valence-electron chi connectivity index (χ1n) is 8.97. The van der Waals surface area contributed by atoms with Crippen LogP contribution in [-0.2, 0) is 11.2 Å². The summed E-state index contributed by atoms with van der Waals surface area (Å²) in [4.78, 5) is 23.1. The number of rotatable bonds is 4. The van der Waals surface area contributed by atoms with Gasteiger partial charge in [-0.2, -0.15) is 0 Å². The predicted molar refractivity (Wildman–Crippen MR) is 100 cm³/mol. The van der Waals surface area contributed by atoms with Crippen LogP contribution in [0, 0.1) is 11.3 Å². The lowest BCUT2D eigenvalue weighted by Crippen LogP contribution is -2.39. The molecule has 5 heteroatoms. The van der Waals surface area contributed by atoms with Gasteiger partial charge in [-0.15, -0.1) is 0 Å². The molecule has 3 N–H and O–H groups in total. The van der Waals surface area contributed by atoms with Crippen molar-refractivity contribution >= 4 is 12.0 Å². The van der Waals surface area contributed by atoms with Gasteiger partial charge in [0.2, 0.25) is 5.91 Å². The van der Waals surface area contributed by atoms with Crippen LogP contribution < -0.4 is 5.73 Å². The minimum atomic E-state index is -1.33. The Balaban J connectivity index is 0.000000705. The molecule has 0 spiro atoms. The van der Waals surface area contributed by atoms with Crippen LogP contribution in [0.5, 0.6) is 0 Å². The summed E-state index contributed by atoms with van der Waals surface area (Å²) in [6, 6.07) is 10.7. The van der Waals surface area contributed by atoms with E-state index in [4.69, 9.17) is 9.90 Å². The number of primary amides is 1. The Bertz CT molecular complexity index is 526. The van der Waals surface area contributed by atoms with Gasteiger partial charge in [0.15, 0.2) is 0 Å². The number of nitrogens with zero attached hydrogens (tertiary/aromatic N) is 1. The molecule has 25 heavy (non-hydrogen) atoms. The molecule has 1 aliphatic rings. The number of benzene rings is 1. The van der Waals surface area contributed by atoms with Gasteiger partial charge in [0.25, 0.3) is 0 Å². The Morgan fingerprint density at radius 3 is 2.16 bits per heavy atom. The molecule has 140 valence electrons. The van der Waals surface area contributed by atoms with Crippen molar-refractivity contribution < 1.29 is 14.7 Å². The smallest absolute Gasteiger partial charge is 0.402 e. The zero-order chi connectivity index (χ0) is 18.9. The third-order valence-corrected chi connectivity index (χ3v) is 4.42. The maximum atomic E-state index is 12.2. The minimum absolute atomic E-state index is 0.251. The molecular weight excluding hydrogens is 316 g/mol. The summed E-state index contributed by atoms with van der Waals surface area (Å²) in [5.74, 6) is 1.09. The van der Waals surface area contributed by atoms with E-state index in [1.54, 1.807) is 0 Å². The SMILES string of the molecule is CC(C)(C)CCC(=O)N1CCC(Cc2ccccc2)CC1.NC(=O)O. The lowest BCUT2D eigenvalue weighted by atomic mass is 9.88. The normalized spacial score (nSPS) is 15.2. The van der Waals surface area contributed by atoms with E-state index in [9.17, 15) is 4.79 Å². The molecule has 5 nitrogen and oxygen atoms in total. The van der Waals surface area contributed by atoms with Crippen LogP contribution in [0.3, 0.4) is 0 Å². The van der Waals surface area contributed by atoms with Crippen molar-refractivity contribution in [2.45, 2.75) is 52.9 Å². The lowest BCUT2D eigenvalue weighted by molar-refractivity contribution is -0.133. The first-order valence-corrected chi connectivity index (χ1v) is 8.97. The average Bonchev–Trinajstić information content (AvgIpc) is 2.53. The van der Waals surface area contributed by atoms with Crippen molar-refractivity contribution in [3.05, 3.63) is 35.9 Å². The number of carbonyl (C=O) groups excluding carboxylic acids is 1. The number of piperidine rings is 1. The number of hydrogen-bond donors (Lipinski definition) is 2. The monoisotopic (exact) mass is 348 g/mol. The maximum Gasteiger partial charge on any atom is 0.402 e. The van der Waals surface area contributed by atoms with Crippen molar-refractivity contribution in [2.24, 2.45) is 17.1 Å². The van der Waals surface area contributed by atoms with E-state index in [1.807, 2.05) is 0 Å². The van der Waals surface area contributed by atoms with E-state index >= 15 is 0 Å². The molecule has 0 aliphatic carbocycles. The molecule has 0 aromatic heterocycles. The quantitative estimate of drug-likeness (QED) is 0.865. The summed E-state index contributed by atoms with van der Waals surface area (Å²) in [6.07, 6.45) is 3.81. The molecule has 0 radical (unpaired) electrons. The van der Waals surface area contributed by atoms with Crippen molar-refractivity contribution in [1.82, 2.24) is 4.90 Å². The van der Waals surface area contributed by atoms with Crippen molar-refractivity contribution in [3.63, 3.8) is 0 Å². The third-order valence-electron chi connectivity index (χ3n) is 4.42. The van der Waals surface area contributed by atoms with Gasteiger partial charge in [0, 0.05) is 19.5 Å². The summed E-state index contributed by atoms with van der Waals surface area (Å²) >= 11 is 0. The van der Waals surface area contributed by atoms with Crippen LogP contribution in [0.2, 0.25) is 0 Å². The Morgan fingerprint density at radius 2 is 1.68 bits per heavy atom. The van der Waals surface area contributed by atoms with Crippen LogP contribution in [0.1, 0.15) is 52.0 Å². The van der Waals surface area contributed by atoms with E-state index in [2.05, 4.69) is 61.7 Å². The number of hydrogen-bond acceptors (Lipinski definition) is 2. The van der Waals surface area contributed by atoms with Gasteiger partial charge in [-0.05, 0) is 42.6 Å². The fourth-order valence-electron chi connectivity index (χ4n) is 2.97. The van der Waals surface area contributed by atoms with Crippen molar-refractivity contribution in [1.29, 1.82) is 0 Å². The first kappa shape index (κ1) is 21.0. The van der Waals surface area contributed by atoms with Crippen LogP contribution in [0.25, 0.3) is 0 Å². The second-order valence-corrected chi connectivity index (χ2v) is 7.91. The van der Waals surface area contributed by atoms with E-state index in [-0.39, 0.29) is 5.41 Å². The average molecular weight is 348 g/mol. The number of likely N-dealkylation sites (tertiary alicyclic amines) is 1. The molecule has 0 saturated carbocycles. The zero-order valence-electron chi connectivity index (χ0n) is 15.7. The Morgan fingerprint density at radius 1 is 1.16 bits per heavy atom. The molecule has 1 fully saturated rings. The largest absolute Gasteiger partial charge is 0.465 e. The molecule has 0 unspecified atom stereocenters. The summed E-state index contributed by atoms with van der Waals surface area (Å²) in [5.41, 5.74) is 5.70. The third kappa shape index (κ3) is 9.75. The van der Waals surface area contributed by atoms with Gasteiger partial charge in [-0.1, -0.05) is 51.1 Å². The fraction of sp³-hybridized carbons (Fsp3) is 0.600. The highest BCUT2D eigenvalue weighted by atomic mass is 16.4. The highest BCUT2D eigenvalue weighted by Gasteiger charge is 2.23. The van der Waals surface area contributed by atoms with Gasteiger partial charge < -0.3 is 15.7 Å². The molecule has 1 heterocycles. The van der Waals surface area contributed by atoms with Gasteiger partial charge in [0.1, 0.15) is 0 Å². The second-order valence-electron chi connectivity index (χ2n) is 7.91. The molecule has 1 aliphatic heterocycles. The number of nitrogens with two attached hydrogens (primary N) is 1. The number of carbonyl (C=O) groups is 2. The van der Waals surface area contributed by atoms with E-state index < -0.39 is 6.09 Å². The minimum Gasteiger partial charge on any atom is -0.465 e. The molecule has 1 saturated heterocycles. The highest BCUT2D eigenvalue weighted by molar-refractivity contribution is 5.76. The van der Waals surface area contributed by atoms with Gasteiger partial charge in [0.05, 0.1) is 0 Å². The van der Waals surface area contributed by atoms with Crippen molar-refractivity contribution in [3.8, 4) is 0 Å². The molecule has 0 bridgehead atoms. The Kier molecular flexibility index (Phi) is 8.46. The van der Waals surface area contributed by atoms with Crippen LogP contribution in [0.15, 0.2) is 30.3 Å². The van der Waals surface area contributed by atoms with E-state index in [0.717, 1.165) is 44.7 Å². The topological polar surface area (TPSA) is 83.6 Å². The summed E-state index contributed by atoms with van der Waals surface area (Å²) in [5, 5.41) is 7.19. The van der Waals surface area contributed by atoms with Crippen LogP contribution in [-0.4, -0.2) is 35.1 Å². The highest BCUT2D eigenvalue weighted by Crippen LogP contribution is 2.24. The van der Waals surface area contributed by atoms with E-state index in [0.29, 0.717) is 12.3 Å². The lowest BCUT2D eigenvalue weighted by Gasteiger charge is -2.33. The summed E-state index contributed by atoms with van der Waals surface area (Å²) < 4.78 is 0. The molecule has 2 rings (SSSR count). The van der Waals surface area contributed by atoms with Crippen LogP contribution >= 0.6 is 0 Å². The zero-order valence-corrected chi connectivity index (χ0v) is 15.7. The first-order chi connectivity index (χ1) is 11.7. The second kappa shape index (κ2) is 10.1. The summed E-state index contributed by atoms with van der Waals surface area (Å²) in [7, 11) is 0. The van der Waals surface area contributed by atoms with Gasteiger partial charge in [-0.3, -0.25) is 4.79 Å². The Labute approximate surface area is 151 Å². The Hall–Kier alpha value is -2.04. The fourth-order valence-corrected chi connectivity index (χ4v) is 2.97. The molecule has 0 atom stereocenters. The maximum absolute atomic E-state index is 12.2. The number of amides is 2.